The first-order chi connectivity index (χ1) is 16.5. The van der Waals surface area contributed by atoms with Gasteiger partial charge in [-0.25, -0.2) is 14.5 Å². The van der Waals surface area contributed by atoms with E-state index in [4.69, 9.17) is 9.84 Å². The number of anilines is 2. The fourth-order valence-electron chi connectivity index (χ4n) is 4.38. The number of rotatable bonds is 7. The van der Waals surface area contributed by atoms with Gasteiger partial charge in [0.2, 0.25) is 0 Å². The molecule has 5 rings (SSSR count). The van der Waals surface area contributed by atoms with E-state index < -0.39 is 0 Å². The Bertz CT molecular complexity index is 1130. The highest BCUT2D eigenvalue weighted by atomic mass is 32.1. The molecule has 0 aliphatic carbocycles. The maximum Gasteiger partial charge on any atom is 0.326 e. The molecule has 2 saturated heterocycles. The lowest BCUT2D eigenvalue weighted by atomic mass is 9.85. The summed E-state index contributed by atoms with van der Waals surface area (Å²) in [6, 6.07) is 9.69. The fraction of sp³-hybridized carbons (Fsp3) is 0.480. The van der Waals surface area contributed by atoms with Crippen molar-refractivity contribution in [2.45, 2.75) is 44.9 Å². The van der Waals surface area contributed by atoms with Gasteiger partial charge in [0.25, 0.3) is 0 Å². The van der Waals surface area contributed by atoms with Crippen LogP contribution in [0.5, 0.6) is 0 Å². The molecule has 8 nitrogen and oxygen atoms in total. The van der Waals surface area contributed by atoms with E-state index in [-0.39, 0.29) is 11.4 Å². The first-order valence-electron chi connectivity index (χ1n) is 12.0. The van der Waals surface area contributed by atoms with E-state index in [1.807, 2.05) is 43.5 Å². The largest absolute Gasteiger partial charge is 0.379 e. The summed E-state index contributed by atoms with van der Waals surface area (Å²) >= 11 is 1.54. The number of likely N-dealkylation sites (tertiary alicyclic amines) is 1. The molecule has 180 valence electrons. The quantitative estimate of drug-likeness (QED) is 0.516. The Kier molecular flexibility index (Phi) is 6.67. The lowest BCUT2D eigenvalue weighted by molar-refractivity contribution is -0.0522. The van der Waals surface area contributed by atoms with Crippen LogP contribution in [0.3, 0.4) is 0 Å². The number of benzene rings is 1. The van der Waals surface area contributed by atoms with Crippen molar-refractivity contribution in [1.29, 1.82) is 0 Å². The second-order valence-electron chi connectivity index (χ2n) is 9.58. The third kappa shape index (κ3) is 5.16. The van der Waals surface area contributed by atoms with Crippen molar-refractivity contribution in [2.75, 3.05) is 43.5 Å². The highest BCUT2D eigenvalue weighted by Gasteiger charge is 2.38. The highest BCUT2D eigenvalue weighted by Crippen LogP contribution is 2.33. The molecule has 2 aliphatic rings. The first-order valence-corrected chi connectivity index (χ1v) is 12.8. The fourth-order valence-corrected chi connectivity index (χ4v) is 5.18. The zero-order valence-electron chi connectivity index (χ0n) is 19.8. The van der Waals surface area contributed by atoms with Crippen LogP contribution in [0.2, 0.25) is 0 Å². The number of hydrogen-bond acceptors (Lipinski definition) is 6. The second-order valence-corrected chi connectivity index (χ2v) is 10.7. The maximum absolute atomic E-state index is 12.8. The molecule has 0 radical (unpaired) electrons. The number of aryl methyl sites for hydroxylation is 1. The average Bonchev–Trinajstić information content (AvgIpc) is 3.44. The van der Waals surface area contributed by atoms with E-state index in [1.54, 1.807) is 4.68 Å². The van der Waals surface area contributed by atoms with Crippen LogP contribution in [0.4, 0.5) is 15.7 Å². The van der Waals surface area contributed by atoms with E-state index in [2.05, 4.69) is 27.4 Å². The van der Waals surface area contributed by atoms with E-state index in [9.17, 15) is 4.79 Å². The molecule has 2 amide bonds. The summed E-state index contributed by atoms with van der Waals surface area (Å²) in [5, 5.41) is 11.3. The smallest absolute Gasteiger partial charge is 0.326 e. The molecule has 34 heavy (non-hydrogen) atoms. The Balaban J connectivity index is 1.26. The van der Waals surface area contributed by atoms with Gasteiger partial charge in [-0.15, -0.1) is 11.3 Å². The Hall–Kier alpha value is -2.75. The normalized spacial score (nSPS) is 17.8. The molecule has 4 heterocycles. The molecular formula is C25H32N6O2S. The number of piperidine rings is 1. The predicted molar refractivity (Wildman–Crippen MR) is 135 cm³/mol. The van der Waals surface area contributed by atoms with Crippen LogP contribution in [0, 0.1) is 6.92 Å². The topological polar surface area (TPSA) is 84.3 Å². The van der Waals surface area contributed by atoms with E-state index in [0.29, 0.717) is 24.2 Å². The van der Waals surface area contributed by atoms with Gasteiger partial charge >= 0.3 is 6.03 Å². The zero-order chi connectivity index (χ0) is 23.5. The molecule has 0 saturated carbocycles. The number of nitrogens with zero attached hydrogens (tertiary/aromatic N) is 4. The van der Waals surface area contributed by atoms with Crippen molar-refractivity contribution in [1.82, 2.24) is 19.7 Å². The predicted octanol–water partition coefficient (Wildman–Crippen LogP) is 4.60. The molecule has 0 spiro atoms. The summed E-state index contributed by atoms with van der Waals surface area (Å²) in [6.07, 6.45) is 6.77. The summed E-state index contributed by atoms with van der Waals surface area (Å²) in [5.74, 6) is 0.617. The number of amides is 2. The van der Waals surface area contributed by atoms with Crippen LogP contribution < -0.4 is 10.6 Å². The summed E-state index contributed by atoms with van der Waals surface area (Å²) in [5.41, 5.74) is 2.83. The molecule has 2 N–H and O–H groups in total. The third-order valence-corrected chi connectivity index (χ3v) is 7.56. The summed E-state index contributed by atoms with van der Waals surface area (Å²) < 4.78 is 7.21. The van der Waals surface area contributed by atoms with Crippen LogP contribution in [-0.4, -0.2) is 58.5 Å². The van der Waals surface area contributed by atoms with Gasteiger partial charge in [0.1, 0.15) is 5.82 Å². The Morgan fingerprint density at radius 1 is 1.15 bits per heavy atom. The number of thiazole rings is 1. The average molecular weight is 481 g/mol. The zero-order valence-corrected chi connectivity index (χ0v) is 20.7. The summed E-state index contributed by atoms with van der Waals surface area (Å²) in [7, 11) is 0. The van der Waals surface area contributed by atoms with Crippen LogP contribution >= 0.6 is 11.3 Å². The number of carbonyl (C=O) groups excluding carboxylic acids is 1. The van der Waals surface area contributed by atoms with Gasteiger partial charge < -0.3 is 9.64 Å². The molecule has 0 bridgehead atoms. The molecule has 2 fully saturated rings. The van der Waals surface area contributed by atoms with Gasteiger partial charge in [-0.3, -0.25) is 10.6 Å². The Morgan fingerprint density at radius 3 is 2.62 bits per heavy atom. The molecule has 0 atom stereocenters. The van der Waals surface area contributed by atoms with Crippen LogP contribution in [0.25, 0.3) is 5.69 Å². The SMILES string of the molecule is Cc1ccc(-n2nc(C3(C)COC3)cc2NC(=O)Nc2ncc(CCN3CCCCC3)s2)cc1. The van der Waals surface area contributed by atoms with Crippen molar-refractivity contribution in [3.05, 3.63) is 52.7 Å². The van der Waals surface area contributed by atoms with E-state index in [0.717, 1.165) is 24.3 Å². The van der Waals surface area contributed by atoms with Gasteiger partial charge in [-0.2, -0.15) is 5.10 Å². The molecule has 2 aromatic heterocycles. The number of aromatic nitrogens is 3. The number of carbonyl (C=O) groups is 1. The number of ether oxygens (including phenoxy) is 1. The van der Waals surface area contributed by atoms with Crippen LogP contribution in [0.15, 0.2) is 36.5 Å². The van der Waals surface area contributed by atoms with Gasteiger partial charge in [-0.1, -0.05) is 24.1 Å². The minimum absolute atomic E-state index is 0.137. The van der Waals surface area contributed by atoms with E-state index in [1.165, 1.54) is 54.1 Å². The van der Waals surface area contributed by atoms with Crippen molar-refractivity contribution in [3.63, 3.8) is 0 Å². The Labute approximate surface area is 204 Å². The molecule has 9 heteroatoms. The third-order valence-electron chi connectivity index (χ3n) is 6.59. The van der Waals surface area contributed by atoms with Crippen LogP contribution in [0.1, 0.15) is 42.3 Å². The molecule has 3 aromatic rings. The van der Waals surface area contributed by atoms with Crippen molar-refractivity contribution < 1.29 is 9.53 Å². The van der Waals surface area contributed by atoms with Gasteiger partial charge in [-0.05, 0) is 58.3 Å². The first kappa shape index (κ1) is 23.0. The molecule has 0 unspecified atom stereocenters. The Morgan fingerprint density at radius 2 is 1.91 bits per heavy atom. The summed E-state index contributed by atoms with van der Waals surface area (Å²) in [4.78, 5) is 21.0. The molecular weight excluding hydrogens is 448 g/mol. The van der Waals surface area contributed by atoms with Crippen molar-refractivity contribution in [2.24, 2.45) is 0 Å². The number of hydrogen-bond donors (Lipinski definition) is 2. The standard InChI is InChI=1S/C25H32N6O2S/c1-18-6-8-19(9-7-18)31-22(14-21(29-31)25(2)16-33-17-25)27-23(32)28-24-26-15-20(34-24)10-13-30-11-4-3-5-12-30/h6-9,14-15H,3-5,10-13,16-17H2,1-2H3,(H2,26,27,28,32). The number of urea groups is 1. The summed E-state index contributed by atoms with van der Waals surface area (Å²) in [6.45, 7) is 8.86. The lowest BCUT2D eigenvalue weighted by Crippen LogP contribution is -2.44. The monoisotopic (exact) mass is 480 g/mol. The van der Waals surface area contributed by atoms with Gasteiger partial charge in [0.05, 0.1) is 30.0 Å². The lowest BCUT2D eigenvalue weighted by Gasteiger charge is -2.36. The van der Waals surface area contributed by atoms with Crippen molar-refractivity contribution >= 4 is 28.3 Å². The van der Waals surface area contributed by atoms with Crippen LogP contribution in [-0.2, 0) is 16.6 Å². The minimum atomic E-state index is -0.327. The van der Waals surface area contributed by atoms with E-state index >= 15 is 0 Å². The molecule has 1 aromatic carbocycles. The maximum atomic E-state index is 12.8. The van der Waals surface area contributed by atoms with Gasteiger partial charge in [0.15, 0.2) is 5.13 Å². The van der Waals surface area contributed by atoms with Crippen molar-refractivity contribution in [3.8, 4) is 5.69 Å². The number of nitrogens with one attached hydrogen (secondary N) is 2. The second kappa shape index (κ2) is 9.85. The molecule has 2 aliphatic heterocycles. The van der Waals surface area contributed by atoms with Gasteiger partial charge in [0, 0.05) is 23.7 Å². The minimum Gasteiger partial charge on any atom is -0.379 e. The highest BCUT2D eigenvalue weighted by molar-refractivity contribution is 7.15.